The normalized spacial score (nSPS) is 11.6. The minimum atomic E-state index is -4.22. The summed E-state index contributed by atoms with van der Waals surface area (Å²) in [6.07, 6.45) is 0. The molecule has 0 saturated heterocycles. The highest BCUT2D eigenvalue weighted by molar-refractivity contribution is 7.85. The zero-order valence-corrected chi connectivity index (χ0v) is 14.1. The molecule has 0 heterocycles. The van der Waals surface area contributed by atoms with E-state index in [1.807, 2.05) is 0 Å². The highest BCUT2D eigenvalue weighted by atomic mass is 32.2. The first-order valence-corrected chi connectivity index (χ1v) is 9.42. The summed E-state index contributed by atoms with van der Waals surface area (Å²) in [6, 6.07) is 10.8. The Morgan fingerprint density at radius 2 is 1.36 bits per heavy atom. The van der Waals surface area contributed by atoms with Crippen LogP contribution in [-0.4, -0.2) is 22.7 Å². The zero-order chi connectivity index (χ0) is 18.7. The monoisotopic (exact) mass is 387 g/mol. The van der Waals surface area contributed by atoms with Gasteiger partial charge in [0, 0.05) is 17.3 Å². The average Bonchev–Trinajstić information content (AvgIpc) is 2.44. The molecule has 2 aromatic rings. The van der Waals surface area contributed by atoms with Gasteiger partial charge in [0.1, 0.15) is 11.5 Å². The lowest BCUT2D eigenvalue weighted by molar-refractivity contribution is 0.102. The third-order valence-electron chi connectivity index (χ3n) is 2.61. The summed E-state index contributed by atoms with van der Waals surface area (Å²) in [6.45, 7) is 0. The molecule has 0 saturated carbocycles. The molecule has 25 heavy (non-hydrogen) atoms. The van der Waals surface area contributed by atoms with Crippen molar-refractivity contribution < 1.29 is 30.0 Å². The van der Waals surface area contributed by atoms with Crippen molar-refractivity contribution in [2.24, 2.45) is 10.3 Å². The number of rotatable bonds is 6. The van der Waals surface area contributed by atoms with E-state index in [0.29, 0.717) is 0 Å². The number of hydrogen-bond donors (Lipinski definition) is 3. The van der Waals surface area contributed by atoms with Crippen LogP contribution in [0.1, 0.15) is 10.4 Å². The number of nitrogens with one attached hydrogen (secondary N) is 1. The average molecular weight is 387 g/mol. The second-order valence-corrected chi connectivity index (χ2v) is 6.97. The number of carbonyl (C=O) groups excluding carboxylic acids is 1. The van der Waals surface area contributed by atoms with Gasteiger partial charge in [-0.25, -0.2) is 0 Å². The van der Waals surface area contributed by atoms with Crippen LogP contribution in [0.4, 0.5) is 5.69 Å². The number of hydrogen-bond acceptors (Lipinski definition) is 7. The lowest BCUT2D eigenvalue weighted by atomic mass is 10.2. The molecule has 5 N–H and O–H groups in total. The molecule has 0 fully saturated rings. The maximum atomic E-state index is 12.2. The smallest absolute Gasteiger partial charge is 0.371 e. The van der Waals surface area contributed by atoms with Crippen molar-refractivity contribution >= 4 is 32.2 Å². The van der Waals surface area contributed by atoms with Crippen LogP contribution in [0.3, 0.4) is 0 Å². The third-order valence-corrected chi connectivity index (χ3v) is 3.46. The summed E-state index contributed by atoms with van der Waals surface area (Å²) in [4.78, 5) is 12.2. The van der Waals surface area contributed by atoms with Crippen molar-refractivity contribution in [3.8, 4) is 11.5 Å². The van der Waals surface area contributed by atoms with E-state index in [-0.39, 0.29) is 22.7 Å². The minimum Gasteiger partial charge on any atom is -0.371 e. The summed E-state index contributed by atoms with van der Waals surface area (Å²) in [5.74, 6) is -0.833. The Bertz CT molecular complexity index is 1000. The topological polar surface area (TPSA) is 168 Å². The number of anilines is 1. The predicted molar refractivity (Wildman–Crippen MR) is 88.3 cm³/mol. The standard InChI is InChI=1S/C13H13N3O7S2/c14-24(18,19)22-11-5-1-3-9(7-11)13(17)16-10-4-2-6-12(8-10)23-25(15,20)21/h1-8H,(H,16,17)(H2,14,18,19)(H2,15,20,21). The van der Waals surface area contributed by atoms with Gasteiger partial charge in [0.2, 0.25) is 0 Å². The van der Waals surface area contributed by atoms with E-state index in [4.69, 9.17) is 10.3 Å². The van der Waals surface area contributed by atoms with Crippen molar-refractivity contribution in [1.82, 2.24) is 0 Å². The molecule has 0 atom stereocenters. The van der Waals surface area contributed by atoms with Gasteiger partial charge in [-0.2, -0.15) is 27.1 Å². The Balaban J connectivity index is 2.17. The maximum Gasteiger partial charge on any atom is 0.380 e. The second-order valence-electron chi connectivity index (χ2n) is 4.66. The van der Waals surface area contributed by atoms with Crippen LogP contribution >= 0.6 is 0 Å². The second kappa shape index (κ2) is 7.06. The van der Waals surface area contributed by atoms with E-state index >= 15 is 0 Å². The molecule has 2 aromatic carbocycles. The predicted octanol–water partition coefficient (Wildman–Crippen LogP) is 0.104. The highest BCUT2D eigenvalue weighted by Gasteiger charge is 2.11. The minimum absolute atomic E-state index is 0.0823. The Hall–Kier alpha value is -2.67. The van der Waals surface area contributed by atoms with E-state index in [1.165, 1.54) is 48.5 Å². The molecule has 0 spiro atoms. The number of benzene rings is 2. The first-order chi connectivity index (χ1) is 11.5. The molecule has 0 radical (unpaired) electrons. The third kappa shape index (κ3) is 6.39. The van der Waals surface area contributed by atoms with Gasteiger partial charge in [0.05, 0.1) is 0 Å². The van der Waals surface area contributed by atoms with E-state index in [1.54, 1.807) is 0 Å². The Morgan fingerprint density at radius 1 is 0.840 bits per heavy atom. The molecule has 1 amide bonds. The van der Waals surface area contributed by atoms with Gasteiger partial charge in [-0.1, -0.05) is 12.1 Å². The number of amides is 1. The van der Waals surface area contributed by atoms with Gasteiger partial charge < -0.3 is 13.7 Å². The van der Waals surface area contributed by atoms with Crippen molar-refractivity contribution in [1.29, 1.82) is 0 Å². The van der Waals surface area contributed by atoms with Crippen LogP contribution in [0.25, 0.3) is 0 Å². The van der Waals surface area contributed by atoms with Gasteiger partial charge in [-0.15, -0.1) is 0 Å². The molecule has 0 aliphatic rings. The van der Waals surface area contributed by atoms with Crippen molar-refractivity contribution in [2.75, 3.05) is 5.32 Å². The maximum absolute atomic E-state index is 12.2. The van der Waals surface area contributed by atoms with Gasteiger partial charge in [-0.05, 0) is 30.3 Å². The first-order valence-electron chi connectivity index (χ1n) is 6.48. The van der Waals surface area contributed by atoms with Crippen LogP contribution in [0.2, 0.25) is 0 Å². The summed E-state index contributed by atoms with van der Waals surface area (Å²) in [5.41, 5.74) is 0.308. The number of nitrogens with two attached hydrogens (primary N) is 2. The van der Waals surface area contributed by atoms with Crippen molar-refractivity contribution in [3.05, 3.63) is 54.1 Å². The lowest BCUT2D eigenvalue weighted by Gasteiger charge is -2.08. The van der Waals surface area contributed by atoms with Crippen LogP contribution in [0, 0.1) is 0 Å². The molecular weight excluding hydrogens is 374 g/mol. The summed E-state index contributed by atoms with van der Waals surface area (Å²) < 4.78 is 52.6. The zero-order valence-electron chi connectivity index (χ0n) is 12.4. The van der Waals surface area contributed by atoms with Gasteiger partial charge in [-0.3, -0.25) is 4.79 Å². The number of carbonyl (C=O) groups is 1. The molecule has 12 heteroatoms. The van der Waals surface area contributed by atoms with Gasteiger partial charge in [0.25, 0.3) is 5.91 Å². The highest BCUT2D eigenvalue weighted by Crippen LogP contribution is 2.20. The molecule has 10 nitrogen and oxygen atoms in total. The SMILES string of the molecule is NS(=O)(=O)Oc1cccc(NC(=O)c2cccc(OS(N)(=O)=O)c2)c1. The molecule has 134 valence electrons. The summed E-state index contributed by atoms with van der Waals surface area (Å²) in [5, 5.41) is 12.0. The van der Waals surface area contributed by atoms with Gasteiger partial charge >= 0.3 is 20.6 Å². The van der Waals surface area contributed by atoms with Crippen LogP contribution in [-0.2, 0) is 20.6 Å². The largest absolute Gasteiger partial charge is 0.380 e. The summed E-state index contributed by atoms with van der Waals surface area (Å²) >= 11 is 0. The van der Waals surface area contributed by atoms with Crippen molar-refractivity contribution in [3.63, 3.8) is 0 Å². The Kier molecular flexibility index (Phi) is 5.27. The van der Waals surface area contributed by atoms with E-state index in [9.17, 15) is 21.6 Å². The quantitative estimate of drug-likeness (QED) is 0.631. The Labute approximate surface area is 143 Å². The molecule has 0 aliphatic carbocycles. The molecule has 0 bridgehead atoms. The van der Waals surface area contributed by atoms with Gasteiger partial charge in [0.15, 0.2) is 0 Å². The first kappa shape index (κ1) is 18.7. The fourth-order valence-corrected chi connectivity index (χ4v) is 2.53. The molecule has 0 aliphatic heterocycles. The fraction of sp³-hybridized carbons (Fsp3) is 0. The van der Waals surface area contributed by atoms with E-state index in [0.717, 1.165) is 0 Å². The molecule has 0 aromatic heterocycles. The molecular formula is C13H13N3O7S2. The molecule has 0 unspecified atom stereocenters. The summed E-state index contributed by atoms with van der Waals surface area (Å²) in [7, 11) is -8.41. The van der Waals surface area contributed by atoms with Crippen molar-refractivity contribution in [2.45, 2.75) is 0 Å². The van der Waals surface area contributed by atoms with E-state index in [2.05, 4.69) is 13.7 Å². The van der Waals surface area contributed by atoms with Crippen LogP contribution in [0.15, 0.2) is 48.5 Å². The fourth-order valence-electron chi connectivity index (χ4n) is 1.79. The molecule has 2 rings (SSSR count). The van der Waals surface area contributed by atoms with Crippen LogP contribution < -0.4 is 24.0 Å². The Morgan fingerprint density at radius 3 is 1.92 bits per heavy atom. The lowest BCUT2D eigenvalue weighted by Crippen LogP contribution is -2.19. The van der Waals surface area contributed by atoms with Crippen LogP contribution in [0.5, 0.6) is 11.5 Å². The van der Waals surface area contributed by atoms with E-state index < -0.39 is 26.5 Å².